The Labute approximate surface area is 148 Å². The number of nitrogens with one attached hydrogen (secondary N) is 1. The van der Waals surface area contributed by atoms with Gasteiger partial charge in [-0.25, -0.2) is 13.6 Å². The smallest absolute Gasteiger partial charge is 0.262 e. The Kier molecular flexibility index (Phi) is 5.81. The molecule has 0 aliphatic heterocycles. The second kappa shape index (κ2) is 7.67. The molecular weight excluding hydrogens is 340 g/mol. The van der Waals surface area contributed by atoms with Crippen molar-refractivity contribution in [2.24, 2.45) is 5.14 Å². The molecule has 0 bridgehead atoms. The number of rotatable bonds is 6. The summed E-state index contributed by atoms with van der Waals surface area (Å²) in [5.41, 5.74) is 3.08. The van der Waals surface area contributed by atoms with Crippen LogP contribution < -0.4 is 15.2 Å². The number of hydrogen-bond acceptors (Lipinski definition) is 4. The van der Waals surface area contributed by atoms with E-state index in [0.717, 1.165) is 17.5 Å². The van der Waals surface area contributed by atoms with Gasteiger partial charge in [-0.1, -0.05) is 19.1 Å². The van der Waals surface area contributed by atoms with Gasteiger partial charge >= 0.3 is 0 Å². The van der Waals surface area contributed by atoms with E-state index in [1.807, 2.05) is 24.3 Å². The number of amides is 1. The molecule has 25 heavy (non-hydrogen) atoms. The van der Waals surface area contributed by atoms with Crippen LogP contribution in [0.5, 0.6) is 5.75 Å². The minimum Gasteiger partial charge on any atom is -0.484 e. The highest BCUT2D eigenvalue weighted by Gasteiger charge is 2.14. The number of ether oxygens (including phenoxy) is 1. The maximum absolute atomic E-state index is 12.1. The van der Waals surface area contributed by atoms with E-state index in [4.69, 9.17) is 9.88 Å². The summed E-state index contributed by atoms with van der Waals surface area (Å²) in [4.78, 5) is 12.1. The van der Waals surface area contributed by atoms with Crippen LogP contribution in [0.2, 0.25) is 0 Å². The van der Waals surface area contributed by atoms with E-state index in [-0.39, 0.29) is 17.4 Å². The number of aryl methyl sites for hydroxylation is 2. The van der Waals surface area contributed by atoms with Gasteiger partial charge in [0.2, 0.25) is 10.0 Å². The fourth-order valence-electron chi connectivity index (χ4n) is 2.28. The van der Waals surface area contributed by atoms with E-state index in [2.05, 4.69) is 12.2 Å². The van der Waals surface area contributed by atoms with Crippen LogP contribution in [0.1, 0.15) is 23.6 Å². The monoisotopic (exact) mass is 362 g/mol. The first-order valence-corrected chi connectivity index (χ1v) is 9.41. The second-order valence-corrected chi connectivity index (χ2v) is 7.35. The molecule has 1 amide bonds. The Hall–Kier alpha value is -2.38. The van der Waals surface area contributed by atoms with Crippen LogP contribution >= 0.6 is 0 Å². The Balaban J connectivity index is 2.08. The van der Waals surface area contributed by atoms with Crippen LogP contribution in [0.15, 0.2) is 41.3 Å². The lowest BCUT2D eigenvalue weighted by Crippen LogP contribution is -2.21. The second-order valence-electron chi connectivity index (χ2n) is 5.79. The number of anilines is 1. The summed E-state index contributed by atoms with van der Waals surface area (Å²) in [7, 11) is -3.84. The largest absolute Gasteiger partial charge is 0.484 e. The highest BCUT2D eigenvalue weighted by molar-refractivity contribution is 7.89. The average Bonchev–Trinajstić information content (AvgIpc) is 2.56. The van der Waals surface area contributed by atoms with Gasteiger partial charge < -0.3 is 10.1 Å². The van der Waals surface area contributed by atoms with Crippen molar-refractivity contribution in [1.82, 2.24) is 0 Å². The van der Waals surface area contributed by atoms with Crippen LogP contribution in [0.4, 0.5) is 5.69 Å². The fourth-order valence-corrected chi connectivity index (χ4v) is 2.90. The summed E-state index contributed by atoms with van der Waals surface area (Å²) in [6.45, 7) is 5.43. The van der Waals surface area contributed by atoms with Crippen molar-refractivity contribution in [1.29, 1.82) is 0 Å². The molecule has 0 saturated carbocycles. The van der Waals surface area contributed by atoms with Gasteiger partial charge in [-0.15, -0.1) is 0 Å². The zero-order chi connectivity index (χ0) is 18.6. The van der Waals surface area contributed by atoms with Crippen molar-refractivity contribution in [3.63, 3.8) is 0 Å². The summed E-state index contributed by atoms with van der Waals surface area (Å²) >= 11 is 0. The van der Waals surface area contributed by atoms with Crippen LogP contribution in [-0.4, -0.2) is 20.9 Å². The molecule has 0 heterocycles. The number of carbonyl (C=O) groups excluding carboxylic acids is 1. The number of carbonyl (C=O) groups is 1. The van der Waals surface area contributed by atoms with E-state index in [1.165, 1.54) is 17.7 Å². The average molecular weight is 362 g/mol. The zero-order valence-electron chi connectivity index (χ0n) is 14.5. The third-order valence-corrected chi connectivity index (χ3v) is 4.84. The topological polar surface area (TPSA) is 98.5 Å². The molecule has 0 fully saturated rings. The molecule has 2 aromatic carbocycles. The highest BCUT2D eigenvalue weighted by Crippen LogP contribution is 2.23. The molecule has 0 saturated heterocycles. The molecule has 0 radical (unpaired) electrons. The van der Waals surface area contributed by atoms with Gasteiger partial charge in [0.1, 0.15) is 5.75 Å². The van der Waals surface area contributed by atoms with Crippen molar-refractivity contribution in [3.05, 3.63) is 53.1 Å². The lowest BCUT2D eigenvalue weighted by molar-refractivity contribution is -0.118. The van der Waals surface area contributed by atoms with Gasteiger partial charge in [0.25, 0.3) is 5.91 Å². The van der Waals surface area contributed by atoms with Crippen molar-refractivity contribution >= 4 is 21.6 Å². The number of primary sulfonamides is 1. The first-order valence-electron chi connectivity index (χ1n) is 7.86. The van der Waals surface area contributed by atoms with Gasteiger partial charge in [-0.3, -0.25) is 4.79 Å². The number of sulfonamides is 1. The molecule has 0 spiro atoms. The Morgan fingerprint density at radius 1 is 1.16 bits per heavy atom. The maximum atomic E-state index is 12.1. The molecular formula is C18H22N2O4S. The first kappa shape index (κ1) is 19.0. The van der Waals surface area contributed by atoms with E-state index >= 15 is 0 Å². The van der Waals surface area contributed by atoms with Gasteiger partial charge in [0, 0.05) is 5.69 Å². The normalized spacial score (nSPS) is 11.2. The van der Waals surface area contributed by atoms with E-state index in [1.54, 1.807) is 13.8 Å². The Morgan fingerprint density at radius 2 is 1.80 bits per heavy atom. The zero-order valence-corrected chi connectivity index (χ0v) is 15.3. The molecule has 0 unspecified atom stereocenters. The van der Waals surface area contributed by atoms with E-state index in [9.17, 15) is 13.2 Å². The van der Waals surface area contributed by atoms with Crippen LogP contribution in [0.25, 0.3) is 0 Å². The van der Waals surface area contributed by atoms with Gasteiger partial charge in [0.05, 0.1) is 4.90 Å². The molecule has 134 valence electrons. The molecule has 0 aliphatic rings. The van der Waals surface area contributed by atoms with E-state index in [0.29, 0.717) is 11.4 Å². The standard InChI is InChI=1S/C18H22N2O4S/c1-4-14-5-7-15(8-6-14)24-11-18(21)20-17-10-16(25(19,22)23)9-12(2)13(17)3/h5-10H,4,11H2,1-3H3,(H,20,21)(H2,19,22,23). The third-order valence-electron chi connectivity index (χ3n) is 3.95. The molecule has 0 aliphatic carbocycles. The van der Waals surface area contributed by atoms with Crippen molar-refractivity contribution < 1.29 is 17.9 Å². The minimum atomic E-state index is -3.84. The summed E-state index contributed by atoms with van der Waals surface area (Å²) < 4.78 is 28.5. The minimum absolute atomic E-state index is 0.0398. The predicted octanol–water partition coefficient (Wildman–Crippen LogP) is 2.53. The highest BCUT2D eigenvalue weighted by atomic mass is 32.2. The van der Waals surface area contributed by atoms with Crippen molar-refractivity contribution in [2.75, 3.05) is 11.9 Å². The fraction of sp³-hybridized carbons (Fsp3) is 0.278. The summed E-state index contributed by atoms with van der Waals surface area (Å²) in [6.07, 6.45) is 0.930. The maximum Gasteiger partial charge on any atom is 0.262 e. The lowest BCUT2D eigenvalue weighted by Gasteiger charge is -2.13. The van der Waals surface area contributed by atoms with Gasteiger partial charge in [-0.2, -0.15) is 0 Å². The summed E-state index contributed by atoms with van der Waals surface area (Å²) in [6, 6.07) is 10.3. The summed E-state index contributed by atoms with van der Waals surface area (Å²) in [5, 5.41) is 7.84. The molecule has 6 nitrogen and oxygen atoms in total. The van der Waals surface area contributed by atoms with Crippen LogP contribution in [0.3, 0.4) is 0 Å². The summed E-state index contributed by atoms with van der Waals surface area (Å²) in [5.74, 6) is 0.215. The molecule has 2 aromatic rings. The first-order chi connectivity index (χ1) is 11.7. The van der Waals surface area contributed by atoms with Gasteiger partial charge in [0.15, 0.2) is 6.61 Å². The molecule has 0 aromatic heterocycles. The molecule has 3 N–H and O–H groups in total. The quantitative estimate of drug-likeness (QED) is 0.825. The van der Waals surface area contributed by atoms with Gasteiger partial charge in [-0.05, 0) is 61.2 Å². The number of hydrogen-bond donors (Lipinski definition) is 2. The molecule has 2 rings (SSSR count). The lowest BCUT2D eigenvalue weighted by atomic mass is 10.1. The molecule has 0 atom stereocenters. The predicted molar refractivity (Wildman–Crippen MR) is 97.2 cm³/mol. The number of benzene rings is 2. The van der Waals surface area contributed by atoms with Crippen molar-refractivity contribution in [3.8, 4) is 5.75 Å². The third kappa shape index (κ3) is 5.04. The van der Waals surface area contributed by atoms with Crippen LogP contribution in [-0.2, 0) is 21.2 Å². The molecule has 7 heteroatoms. The number of nitrogens with two attached hydrogens (primary N) is 1. The van der Waals surface area contributed by atoms with Crippen molar-refractivity contribution in [2.45, 2.75) is 32.1 Å². The SMILES string of the molecule is CCc1ccc(OCC(=O)Nc2cc(S(N)(=O)=O)cc(C)c2C)cc1. The van der Waals surface area contributed by atoms with Crippen LogP contribution in [0, 0.1) is 13.8 Å². The Morgan fingerprint density at radius 3 is 2.36 bits per heavy atom. The van der Waals surface area contributed by atoms with E-state index < -0.39 is 10.0 Å². The Bertz CT molecular complexity index is 875.